The first-order chi connectivity index (χ1) is 11.5. The Morgan fingerprint density at radius 3 is 2.54 bits per heavy atom. The predicted octanol–water partition coefficient (Wildman–Crippen LogP) is 0.695. The normalized spacial score (nSPS) is 15.9. The fourth-order valence-corrected chi connectivity index (χ4v) is 2.55. The molecule has 0 spiro atoms. The molecule has 0 aromatic carbocycles. The van der Waals surface area contributed by atoms with Crippen molar-refractivity contribution in [3.8, 4) is 0 Å². The van der Waals surface area contributed by atoms with E-state index in [2.05, 4.69) is 20.5 Å². The van der Waals surface area contributed by atoms with Crippen molar-refractivity contribution in [1.82, 2.24) is 15.6 Å². The molecule has 1 atom stereocenters. The second-order valence-electron chi connectivity index (χ2n) is 6.26. The molecule has 1 aliphatic heterocycles. The minimum atomic E-state index is -0.525. The highest BCUT2D eigenvalue weighted by molar-refractivity contribution is 5.87. The van der Waals surface area contributed by atoms with Gasteiger partial charge in [0, 0.05) is 32.8 Å². The summed E-state index contributed by atoms with van der Waals surface area (Å²) in [6, 6.07) is 3.39. The molecule has 0 aliphatic carbocycles. The molecule has 24 heavy (non-hydrogen) atoms. The second-order valence-corrected chi connectivity index (χ2v) is 6.26. The molecular formula is C17H26N4O3. The molecule has 1 aromatic heterocycles. The lowest BCUT2D eigenvalue weighted by atomic mass is 10.0. The molecule has 7 nitrogen and oxygen atoms in total. The molecule has 2 heterocycles. The summed E-state index contributed by atoms with van der Waals surface area (Å²) < 4.78 is 5.33. The van der Waals surface area contributed by atoms with Crippen LogP contribution in [0.15, 0.2) is 18.3 Å². The lowest BCUT2D eigenvalue weighted by Crippen LogP contribution is -2.48. The average Bonchev–Trinajstić information content (AvgIpc) is 2.58. The molecule has 2 rings (SSSR count). The molecular weight excluding hydrogens is 308 g/mol. The first-order valence-corrected chi connectivity index (χ1v) is 8.30. The molecule has 132 valence electrons. The van der Waals surface area contributed by atoms with Crippen molar-refractivity contribution in [1.29, 1.82) is 0 Å². The number of rotatable bonds is 6. The Kier molecular flexibility index (Phi) is 6.54. The fourth-order valence-electron chi connectivity index (χ4n) is 2.55. The van der Waals surface area contributed by atoms with Crippen LogP contribution in [-0.2, 0) is 20.9 Å². The van der Waals surface area contributed by atoms with Gasteiger partial charge in [-0.15, -0.1) is 0 Å². The van der Waals surface area contributed by atoms with Gasteiger partial charge in [-0.05, 0) is 17.5 Å². The fraction of sp³-hybridized carbons (Fsp3) is 0.588. The van der Waals surface area contributed by atoms with Crippen LogP contribution in [0.2, 0.25) is 0 Å². The molecule has 0 unspecified atom stereocenters. The monoisotopic (exact) mass is 334 g/mol. The number of anilines is 1. The number of nitrogens with one attached hydrogen (secondary N) is 2. The van der Waals surface area contributed by atoms with E-state index in [1.54, 1.807) is 6.20 Å². The van der Waals surface area contributed by atoms with Gasteiger partial charge < -0.3 is 20.3 Å². The highest BCUT2D eigenvalue weighted by Gasteiger charge is 2.22. The third kappa shape index (κ3) is 5.19. The number of ether oxygens (including phenoxy) is 1. The summed E-state index contributed by atoms with van der Waals surface area (Å²) in [6.07, 6.45) is 1.77. The summed E-state index contributed by atoms with van der Waals surface area (Å²) in [5, 5.41) is 5.54. The van der Waals surface area contributed by atoms with Crippen molar-refractivity contribution in [3.05, 3.63) is 23.9 Å². The van der Waals surface area contributed by atoms with E-state index in [-0.39, 0.29) is 17.7 Å². The highest BCUT2D eigenvalue weighted by atomic mass is 16.5. The highest BCUT2D eigenvalue weighted by Crippen LogP contribution is 2.13. The number of pyridine rings is 1. The summed E-state index contributed by atoms with van der Waals surface area (Å²) in [7, 11) is 0. The summed E-state index contributed by atoms with van der Waals surface area (Å²) in [5.74, 6) is 0.556. The Morgan fingerprint density at radius 2 is 2.00 bits per heavy atom. The molecule has 0 bridgehead atoms. The quantitative estimate of drug-likeness (QED) is 0.800. The van der Waals surface area contributed by atoms with Gasteiger partial charge in [-0.25, -0.2) is 4.98 Å². The van der Waals surface area contributed by atoms with Crippen LogP contribution in [0.5, 0.6) is 0 Å². The van der Waals surface area contributed by atoms with Gasteiger partial charge in [0.1, 0.15) is 11.9 Å². The van der Waals surface area contributed by atoms with E-state index in [4.69, 9.17) is 4.74 Å². The number of carbonyl (C=O) groups excluding carboxylic acids is 2. The summed E-state index contributed by atoms with van der Waals surface area (Å²) in [5.41, 5.74) is 0.922. The van der Waals surface area contributed by atoms with Crippen molar-refractivity contribution in [2.75, 3.05) is 31.2 Å². The Balaban J connectivity index is 1.88. The Hall–Kier alpha value is -2.15. The smallest absolute Gasteiger partial charge is 0.243 e. The van der Waals surface area contributed by atoms with Gasteiger partial charge in [0.05, 0.1) is 13.2 Å². The molecule has 1 saturated heterocycles. The molecule has 2 amide bonds. The second kappa shape index (κ2) is 8.63. The van der Waals surface area contributed by atoms with Crippen molar-refractivity contribution in [3.63, 3.8) is 0 Å². The van der Waals surface area contributed by atoms with E-state index in [1.165, 1.54) is 6.92 Å². The molecule has 0 saturated carbocycles. The van der Waals surface area contributed by atoms with Crippen LogP contribution in [0.3, 0.4) is 0 Å². The maximum atomic E-state index is 12.2. The number of aromatic nitrogens is 1. The van der Waals surface area contributed by atoms with Crippen LogP contribution >= 0.6 is 0 Å². The summed E-state index contributed by atoms with van der Waals surface area (Å²) in [6.45, 7) is 8.73. The number of carbonyl (C=O) groups is 2. The van der Waals surface area contributed by atoms with Crippen LogP contribution < -0.4 is 15.5 Å². The molecule has 7 heteroatoms. The molecule has 1 aliphatic rings. The van der Waals surface area contributed by atoms with E-state index in [1.807, 2.05) is 26.0 Å². The molecule has 2 N–H and O–H groups in total. The summed E-state index contributed by atoms with van der Waals surface area (Å²) in [4.78, 5) is 30.1. The zero-order chi connectivity index (χ0) is 17.5. The van der Waals surface area contributed by atoms with Crippen LogP contribution in [0.25, 0.3) is 0 Å². The number of morpholine rings is 1. The minimum absolute atomic E-state index is 0.0238. The molecule has 1 aromatic rings. The standard InChI is InChI=1S/C17H26N4O3/c1-12(2)16(20-13(3)22)17(23)19-11-14-4-5-15(18-10-14)21-6-8-24-9-7-21/h4-5,10,12,16H,6-9,11H2,1-3H3,(H,19,23)(H,20,22)/t16-/m1/s1. The van der Waals surface area contributed by atoms with Crippen molar-refractivity contribution >= 4 is 17.6 Å². The maximum Gasteiger partial charge on any atom is 0.243 e. The van der Waals surface area contributed by atoms with Crippen molar-refractivity contribution < 1.29 is 14.3 Å². The Labute approximate surface area is 142 Å². The van der Waals surface area contributed by atoms with Crippen LogP contribution in [0.1, 0.15) is 26.3 Å². The third-order valence-electron chi connectivity index (χ3n) is 3.92. The van der Waals surface area contributed by atoms with Crippen molar-refractivity contribution in [2.45, 2.75) is 33.4 Å². The first-order valence-electron chi connectivity index (χ1n) is 8.30. The van der Waals surface area contributed by atoms with E-state index >= 15 is 0 Å². The van der Waals surface area contributed by atoms with E-state index in [0.717, 1.165) is 37.7 Å². The average molecular weight is 334 g/mol. The molecule has 0 radical (unpaired) electrons. The van der Waals surface area contributed by atoms with Crippen LogP contribution in [0, 0.1) is 5.92 Å². The number of hydrogen-bond donors (Lipinski definition) is 2. The molecule has 1 fully saturated rings. The van der Waals surface area contributed by atoms with E-state index < -0.39 is 6.04 Å². The van der Waals surface area contributed by atoms with Gasteiger partial charge in [-0.1, -0.05) is 19.9 Å². The van der Waals surface area contributed by atoms with Crippen molar-refractivity contribution in [2.24, 2.45) is 5.92 Å². The largest absolute Gasteiger partial charge is 0.378 e. The van der Waals surface area contributed by atoms with Gasteiger partial charge >= 0.3 is 0 Å². The van der Waals surface area contributed by atoms with Gasteiger partial charge in [0.15, 0.2) is 0 Å². The SMILES string of the molecule is CC(=O)N[C@@H](C(=O)NCc1ccc(N2CCOCC2)nc1)C(C)C. The third-order valence-corrected chi connectivity index (χ3v) is 3.92. The van der Waals surface area contributed by atoms with E-state index in [9.17, 15) is 9.59 Å². The maximum absolute atomic E-state index is 12.2. The van der Waals surface area contributed by atoms with Crippen LogP contribution in [0.4, 0.5) is 5.82 Å². The topological polar surface area (TPSA) is 83.6 Å². The minimum Gasteiger partial charge on any atom is -0.378 e. The van der Waals surface area contributed by atoms with Gasteiger partial charge in [0.25, 0.3) is 0 Å². The zero-order valence-corrected chi connectivity index (χ0v) is 14.5. The lowest BCUT2D eigenvalue weighted by molar-refractivity contribution is -0.129. The number of hydrogen-bond acceptors (Lipinski definition) is 5. The van der Waals surface area contributed by atoms with Gasteiger partial charge in [-0.2, -0.15) is 0 Å². The zero-order valence-electron chi connectivity index (χ0n) is 14.5. The predicted molar refractivity (Wildman–Crippen MR) is 91.6 cm³/mol. The van der Waals surface area contributed by atoms with E-state index in [0.29, 0.717) is 6.54 Å². The first kappa shape index (κ1) is 18.2. The Morgan fingerprint density at radius 1 is 1.29 bits per heavy atom. The summed E-state index contributed by atoms with van der Waals surface area (Å²) >= 11 is 0. The van der Waals surface area contributed by atoms with Gasteiger partial charge in [0.2, 0.25) is 11.8 Å². The van der Waals surface area contributed by atoms with Crippen LogP contribution in [-0.4, -0.2) is 49.1 Å². The lowest BCUT2D eigenvalue weighted by Gasteiger charge is -2.27. The van der Waals surface area contributed by atoms with Gasteiger partial charge in [-0.3, -0.25) is 9.59 Å². The Bertz CT molecular complexity index is 553. The number of nitrogens with zero attached hydrogens (tertiary/aromatic N) is 2. The number of amides is 2.